The van der Waals surface area contributed by atoms with E-state index in [0.717, 1.165) is 56.2 Å². The zero-order valence-electron chi connectivity index (χ0n) is 18.5. The Morgan fingerprint density at radius 2 is 1.78 bits per heavy atom. The van der Waals surface area contributed by atoms with Crippen molar-refractivity contribution < 1.29 is 9.59 Å². The molecular formula is C27H24N2O2S. The maximum absolute atomic E-state index is 12.1. The highest BCUT2D eigenvalue weighted by Crippen LogP contribution is 2.32. The van der Waals surface area contributed by atoms with E-state index in [9.17, 15) is 9.59 Å². The molecule has 0 radical (unpaired) electrons. The fraction of sp³-hybridized carbons (Fsp3) is 0.148. The van der Waals surface area contributed by atoms with Gasteiger partial charge in [0, 0.05) is 39.0 Å². The van der Waals surface area contributed by atoms with Gasteiger partial charge in [-0.25, -0.2) is 4.98 Å². The summed E-state index contributed by atoms with van der Waals surface area (Å²) in [5.74, 6) is 0.0134. The summed E-state index contributed by atoms with van der Waals surface area (Å²) in [5, 5.41) is 3.00. The van der Waals surface area contributed by atoms with Gasteiger partial charge in [-0.05, 0) is 56.5 Å². The predicted molar refractivity (Wildman–Crippen MR) is 132 cm³/mol. The van der Waals surface area contributed by atoms with Crippen LogP contribution in [0, 0.1) is 20.8 Å². The normalized spacial score (nSPS) is 11.6. The van der Waals surface area contributed by atoms with E-state index in [1.807, 2.05) is 80.8 Å². The number of hydrogen-bond acceptors (Lipinski definition) is 4. The van der Waals surface area contributed by atoms with Gasteiger partial charge in [0.25, 0.3) is 0 Å². The second-order valence-corrected chi connectivity index (χ2v) is 8.73. The lowest BCUT2D eigenvalue weighted by Crippen LogP contribution is -1.95. The summed E-state index contributed by atoms with van der Waals surface area (Å²) >= 11 is 1.60. The van der Waals surface area contributed by atoms with Crippen LogP contribution in [0.15, 0.2) is 53.9 Å². The Hall–Kier alpha value is -3.57. The summed E-state index contributed by atoms with van der Waals surface area (Å²) in [6, 6.07) is 16.1. The molecule has 0 bridgehead atoms. The van der Waals surface area contributed by atoms with Crippen LogP contribution in [0.25, 0.3) is 33.5 Å². The Labute approximate surface area is 191 Å². The molecule has 160 valence electrons. The van der Waals surface area contributed by atoms with E-state index in [-0.39, 0.29) is 5.78 Å². The number of aromatic nitrogens is 2. The molecular weight excluding hydrogens is 416 g/mol. The number of benzene rings is 2. The molecule has 0 aliphatic heterocycles. The minimum atomic E-state index is 0.0134. The van der Waals surface area contributed by atoms with Gasteiger partial charge in [-0.1, -0.05) is 42.5 Å². The van der Waals surface area contributed by atoms with E-state index in [2.05, 4.69) is 4.98 Å². The van der Waals surface area contributed by atoms with Gasteiger partial charge in [0.1, 0.15) is 5.01 Å². The number of allylic oxidation sites excluding steroid dienone is 1. The topological polar surface area (TPSA) is 62.8 Å². The fourth-order valence-electron chi connectivity index (χ4n) is 3.99. The number of carbonyl (C=O) groups is 2. The third-order valence-corrected chi connectivity index (χ3v) is 6.52. The molecule has 0 unspecified atom stereocenters. The highest BCUT2D eigenvalue weighted by Gasteiger charge is 2.16. The lowest BCUT2D eigenvalue weighted by molar-refractivity contribution is -0.103. The molecule has 2 heterocycles. The number of thiazole rings is 1. The number of carbonyl (C=O) groups excluding carboxylic acids is 2. The van der Waals surface area contributed by atoms with Crippen molar-refractivity contribution in [1.29, 1.82) is 0 Å². The van der Waals surface area contributed by atoms with Crippen molar-refractivity contribution in [3.8, 4) is 21.8 Å². The molecule has 1 N–H and O–H groups in total. The molecule has 0 saturated heterocycles. The van der Waals surface area contributed by atoms with E-state index in [4.69, 9.17) is 4.98 Å². The molecule has 4 nitrogen and oxygen atoms in total. The molecule has 0 spiro atoms. The van der Waals surface area contributed by atoms with E-state index in [0.29, 0.717) is 11.1 Å². The second-order valence-electron chi connectivity index (χ2n) is 7.87. The number of aromatic amines is 1. The standard InChI is InChI=1S/C27H24N2O2S/c1-16-10-11-21(25-15-32-27(29-25)20-8-6-5-7-9-20)12-23(16)22(14-30)13-24-17(2)26(19(4)31)18(3)28-24/h5-15,28H,1-4H3/b22-13+. The van der Waals surface area contributed by atoms with Crippen LogP contribution in [0.5, 0.6) is 0 Å². The maximum Gasteiger partial charge on any atom is 0.161 e. The van der Waals surface area contributed by atoms with Crippen LogP contribution >= 0.6 is 11.3 Å². The largest absolute Gasteiger partial charge is 0.358 e. The summed E-state index contributed by atoms with van der Waals surface area (Å²) in [5.41, 5.74) is 8.46. The minimum absolute atomic E-state index is 0.0134. The van der Waals surface area contributed by atoms with Crippen molar-refractivity contribution in [3.63, 3.8) is 0 Å². The monoisotopic (exact) mass is 440 g/mol. The first-order chi connectivity index (χ1) is 15.4. The van der Waals surface area contributed by atoms with Crippen LogP contribution in [0.1, 0.15) is 45.4 Å². The molecule has 0 atom stereocenters. The molecule has 0 fully saturated rings. The summed E-state index contributed by atoms with van der Waals surface area (Å²) < 4.78 is 0. The van der Waals surface area contributed by atoms with Crippen LogP contribution in [-0.4, -0.2) is 22.0 Å². The maximum atomic E-state index is 12.1. The molecule has 32 heavy (non-hydrogen) atoms. The highest BCUT2D eigenvalue weighted by atomic mass is 32.1. The number of rotatable bonds is 6. The first kappa shape index (κ1) is 21.7. The molecule has 2 aromatic carbocycles. The Morgan fingerprint density at radius 1 is 1.03 bits per heavy atom. The van der Waals surface area contributed by atoms with Gasteiger partial charge in [0.05, 0.1) is 5.69 Å². The van der Waals surface area contributed by atoms with Crippen molar-refractivity contribution in [2.24, 2.45) is 0 Å². The fourth-order valence-corrected chi connectivity index (χ4v) is 4.82. The van der Waals surface area contributed by atoms with Gasteiger partial charge < -0.3 is 4.98 Å². The molecule has 0 saturated carbocycles. The molecule has 2 aromatic heterocycles. The molecule has 0 aliphatic carbocycles. The third kappa shape index (κ3) is 4.12. The second kappa shape index (κ2) is 8.89. The highest BCUT2D eigenvalue weighted by molar-refractivity contribution is 7.13. The van der Waals surface area contributed by atoms with E-state index in [1.54, 1.807) is 18.3 Å². The van der Waals surface area contributed by atoms with E-state index < -0.39 is 0 Å². The van der Waals surface area contributed by atoms with Gasteiger partial charge in [-0.2, -0.15) is 0 Å². The number of hydrogen-bond donors (Lipinski definition) is 1. The number of Topliss-reactive ketones (excluding diaryl/α,β-unsaturated/α-hetero) is 1. The van der Waals surface area contributed by atoms with Crippen LogP contribution in [0.4, 0.5) is 0 Å². The minimum Gasteiger partial charge on any atom is -0.358 e. The first-order valence-corrected chi connectivity index (χ1v) is 11.3. The lowest BCUT2D eigenvalue weighted by Gasteiger charge is -2.08. The van der Waals surface area contributed by atoms with Crippen LogP contribution in [0.3, 0.4) is 0 Å². The van der Waals surface area contributed by atoms with Crippen molar-refractivity contribution in [3.05, 3.63) is 87.6 Å². The number of H-pyrrole nitrogens is 1. The van der Waals surface area contributed by atoms with Crippen molar-refractivity contribution in [1.82, 2.24) is 9.97 Å². The predicted octanol–water partition coefficient (Wildman–Crippen LogP) is 6.67. The van der Waals surface area contributed by atoms with Crippen LogP contribution < -0.4 is 0 Å². The van der Waals surface area contributed by atoms with Gasteiger partial charge in [0.15, 0.2) is 12.1 Å². The number of nitrogens with one attached hydrogen (secondary N) is 1. The molecule has 0 aliphatic rings. The van der Waals surface area contributed by atoms with Crippen molar-refractivity contribution in [2.75, 3.05) is 0 Å². The van der Waals surface area contributed by atoms with Crippen molar-refractivity contribution >= 4 is 35.1 Å². The smallest absolute Gasteiger partial charge is 0.161 e. The lowest BCUT2D eigenvalue weighted by atomic mass is 9.96. The Kier molecular flexibility index (Phi) is 6.01. The number of aldehydes is 1. The van der Waals surface area contributed by atoms with Gasteiger partial charge >= 0.3 is 0 Å². The van der Waals surface area contributed by atoms with E-state index >= 15 is 0 Å². The Balaban J connectivity index is 1.75. The quantitative estimate of drug-likeness (QED) is 0.207. The molecule has 4 aromatic rings. The molecule has 0 amide bonds. The zero-order valence-corrected chi connectivity index (χ0v) is 19.3. The van der Waals surface area contributed by atoms with Gasteiger partial charge in [-0.15, -0.1) is 11.3 Å². The summed E-state index contributed by atoms with van der Waals surface area (Å²) in [6.45, 7) is 7.32. The average molecular weight is 441 g/mol. The first-order valence-electron chi connectivity index (χ1n) is 10.4. The average Bonchev–Trinajstić information content (AvgIpc) is 3.38. The Morgan fingerprint density at radius 3 is 2.44 bits per heavy atom. The summed E-state index contributed by atoms with van der Waals surface area (Å²) in [7, 11) is 0. The summed E-state index contributed by atoms with van der Waals surface area (Å²) in [6.07, 6.45) is 2.69. The van der Waals surface area contributed by atoms with Crippen molar-refractivity contribution in [2.45, 2.75) is 27.7 Å². The van der Waals surface area contributed by atoms with Gasteiger partial charge in [0.2, 0.25) is 0 Å². The number of aryl methyl sites for hydroxylation is 2. The number of nitrogens with zero attached hydrogens (tertiary/aromatic N) is 1. The zero-order chi connectivity index (χ0) is 22.8. The number of ketones is 1. The van der Waals surface area contributed by atoms with Crippen LogP contribution in [0.2, 0.25) is 0 Å². The third-order valence-electron chi connectivity index (χ3n) is 5.62. The van der Waals surface area contributed by atoms with E-state index in [1.165, 1.54) is 0 Å². The SMILES string of the molecule is CC(=O)c1c(C)[nH]c(/C=C(\C=O)c2cc(-c3csc(-c4ccccc4)n3)ccc2C)c1C. The molecule has 5 heteroatoms. The Bertz CT molecular complexity index is 1340. The van der Waals surface area contributed by atoms with Gasteiger partial charge in [-0.3, -0.25) is 9.59 Å². The molecule has 4 rings (SSSR count). The summed E-state index contributed by atoms with van der Waals surface area (Å²) in [4.78, 5) is 32.1. The van der Waals surface area contributed by atoms with Crippen LogP contribution in [-0.2, 0) is 4.79 Å².